The first-order chi connectivity index (χ1) is 8.15. The Morgan fingerprint density at radius 1 is 1.65 bits per heavy atom. The van der Waals surface area contributed by atoms with Crippen LogP contribution in [0, 0.1) is 0 Å². The van der Waals surface area contributed by atoms with E-state index in [1.165, 1.54) is 7.05 Å². The van der Waals surface area contributed by atoms with Crippen LogP contribution in [0.25, 0.3) is 0 Å². The zero-order chi connectivity index (χ0) is 12.8. The topological polar surface area (TPSA) is 58.6 Å². The summed E-state index contributed by atoms with van der Waals surface area (Å²) in [7, 11) is 1.47. The Balaban J connectivity index is 2.95. The highest BCUT2D eigenvalue weighted by Crippen LogP contribution is 2.20. The number of hydrogen-bond acceptors (Lipinski definition) is 3. The van der Waals surface area contributed by atoms with Gasteiger partial charge in [0.2, 0.25) is 0 Å². The molecule has 92 valence electrons. The van der Waals surface area contributed by atoms with Gasteiger partial charge in [0, 0.05) is 7.05 Å². The first kappa shape index (κ1) is 13.0. The maximum atomic E-state index is 11.6. The largest absolute Gasteiger partial charge is 0.446 e. The molecular weight excluding hydrogens is 220 g/mol. The second kappa shape index (κ2) is 5.89. The Labute approximate surface area is 100 Å². The third kappa shape index (κ3) is 2.75. The van der Waals surface area contributed by atoms with Gasteiger partial charge in [0.25, 0.3) is 0 Å². The lowest BCUT2D eigenvalue weighted by Crippen LogP contribution is -2.44. The fourth-order valence-electron chi connectivity index (χ4n) is 1.59. The fourth-order valence-corrected chi connectivity index (χ4v) is 1.59. The van der Waals surface area contributed by atoms with Gasteiger partial charge >= 0.3 is 12.1 Å². The first-order valence-electron chi connectivity index (χ1n) is 5.28. The van der Waals surface area contributed by atoms with Crippen LogP contribution in [0.1, 0.15) is 6.92 Å². The number of nitrogens with one attached hydrogen (secondary N) is 1. The van der Waals surface area contributed by atoms with Crippen LogP contribution >= 0.6 is 0 Å². The smallest absolute Gasteiger partial charge is 0.418 e. The fraction of sp³-hybridized carbons (Fsp3) is 0.333. The second-order valence-corrected chi connectivity index (χ2v) is 3.40. The molecule has 0 radical (unpaired) electrons. The molecule has 1 aliphatic heterocycles. The van der Waals surface area contributed by atoms with Gasteiger partial charge in [-0.2, -0.15) is 0 Å². The van der Waals surface area contributed by atoms with Crippen molar-refractivity contribution in [1.29, 1.82) is 0 Å². The van der Waals surface area contributed by atoms with Gasteiger partial charge in [-0.25, -0.2) is 14.5 Å². The number of hydrogen-bond donors (Lipinski definition) is 1. The van der Waals surface area contributed by atoms with Crippen molar-refractivity contribution in [3.8, 4) is 0 Å². The maximum absolute atomic E-state index is 11.6. The van der Waals surface area contributed by atoms with Crippen LogP contribution in [0.15, 0.2) is 36.5 Å². The minimum Gasteiger partial charge on any atom is -0.446 e. The van der Waals surface area contributed by atoms with Crippen molar-refractivity contribution in [2.24, 2.45) is 0 Å². The van der Waals surface area contributed by atoms with E-state index in [4.69, 9.17) is 4.74 Å². The normalized spacial score (nSPS) is 20.6. The summed E-state index contributed by atoms with van der Waals surface area (Å²) in [6.45, 7) is 5.59. The number of cyclic esters (lactones) is 1. The highest BCUT2D eigenvalue weighted by atomic mass is 16.6. The molecule has 0 bridgehead atoms. The molecule has 1 saturated heterocycles. The molecule has 5 heteroatoms. The second-order valence-electron chi connectivity index (χ2n) is 3.40. The summed E-state index contributed by atoms with van der Waals surface area (Å²) < 4.78 is 4.89. The number of rotatable bonds is 3. The number of allylic oxidation sites excluding steroid dienone is 3. The molecule has 1 fully saturated rings. The molecule has 3 amide bonds. The molecule has 1 unspecified atom stereocenters. The number of carbonyl (C=O) groups is 2. The third-order valence-electron chi connectivity index (χ3n) is 2.45. The molecule has 0 spiro atoms. The number of nitrogens with zero attached hydrogens (tertiary/aromatic N) is 1. The molecule has 17 heavy (non-hydrogen) atoms. The van der Waals surface area contributed by atoms with Crippen LogP contribution in [0.5, 0.6) is 0 Å². The maximum Gasteiger partial charge on any atom is 0.418 e. The van der Waals surface area contributed by atoms with E-state index in [2.05, 4.69) is 11.9 Å². The van der Waals surface area contributed by atoms with Crippen LogP contribution in [0.4, 0.5) is 9.59 Å². The predicted molar refractivity (Wildman–Crippen MR) is 64.5 cm³/mol. The highest BCUT2D eigenvalue weighted by molar-refractivity contribution is 5.93. The van der Waals surface area contributed by atoms with Gasteiger partial charge in [-0.05, 0) is 12.5 Å². The Hall–Kier alpha value is -2.04. The van der Waals surface area contributed by atoms with Crippen molar-refractivity contribution >= 4 is 12.1 Å². The van der Waals surface area contributed by atoms with E-state index in [1.54, 1.807) is 18.2 Å². The van der Waals surface area contributed by atoms with E-state index >= 15 is 0 Å². The Bertz CT molecular complexity index is 385. The van der Waals surface area contributed by atoms with Gasteiger partial charge in [-0.1, -0.05) is 30.9 Å². The molecule has 1 aliphatic rings. The van der Waals surface area contributed by atoms with Crippen molar-refractivity contribution in [2.45, 2.75) is 13.0 Å². The van der Waals surface area contributed by atoms with Crippen LogP contribution in [-0.4, -0.2) is 36.7 Å². The lowest BCUT2D eigenvalue weighted by molar-refractivity contribution is 0.159. The number of urea groups is 1. The van der Waals surface area contributed by atoms with Crippen molar-refractivity contribution in [2.75, 3.05) is 13.7 Å². The van der Waals surface area contributed by atoms with Gasteiger partial charge in [0.05, 0.1) is 0 Å². The molecule has 1 atom stereocenters. The van der Waals surface area contributed by atoms with Crippen molar-refractivity contribution in [3.05, 3.63) is 36.5 Å². The van der Waals surface area contributed by atoms with Gasteiger partial charge in [0.1, 0.15) is 12.6 Å². The van der Waals surface area contributed by atoms with Crippen LogP contribution in [0.2, 0.25) is 0 Å². The third-order valence-corrected chi connectivity index (χ3v) is 2.45. The van der Waals surface area contributed by atoms with Crippen LogP contribution in [0.3, 0.4) is 0 Å². The minimum absolute atomic E-state index is 0.174. The molecule has 5 nitrogen and oxygen atoms in total. The van der Waals surface area contributed by atoms with Gasteiger partial charge in [-0.3, -0.25) is 0 Å². The standard InChI is InChI=1S/C12H16N2O3/c1-4-6-7-9(5-2)10-8-17-12(16)14(10)11(15)13-3/h4-7,10H,1,8H2,2-3H3,(H,13,15)/b7-6-,9-5+. The van der Waals surface area contributed by atoms with E-state index in [-0.39, 0.29) is 12.6 Å². The molecule has 1 N–H and O–H groups in total. The summed E-state index contributed by atoms with van der Waals surface area (Å²) >= 11 is 0. The summed E-state index contributed by atoms with van der Waals surface area (Å²) in [5, 5.41) is 2.42. The summed E-state index contributed by atoms with van der Waals surface area (Å²) in [5.74, 6) is 0. The zero-order valence-electron chi connectivity index (χ0n) is 9.97. The van der Waals surface area contributed by atoms with E-state index < -0.39 is 12.1 Å². The quantitative estimate of drug-likeness (QED) is 0.760. The number of amides is 3. The first-order valence-corrected chi connectivity index (χ1v) is 5.28. The molecule has 0 aromatic rings. The van der Waals surface area contributed by atoms with E-state index in [1.807, 2.05) is 13.0 Å². The van der Waals surface area contributed by atoms with E-state index in [9.17, 15) is 9.59 Å². The van der Waals surface area contributed by atoms with Gasteiger partial charge in [0.15, 0.2) is 0 Å². The van der Waals surface area contributed by atoms with Crippen molar-refractivity contribution < 1.29 is 14.3 Å². The molecule has 0 aliphatic carbocycles. The van der Waals surface area contributed by atoms with Crippen molar-refractivity contribution in [1.82, 2.24) is 10.2 Å². The average molecular weight is 236 g/mol. The Morgan fingerprint density at radius 3 is 2.88 bits per heavy atom. The number of ether oxygens (including phenoxy) is 1. The summed E-state index contributed by atoms with van der Waals surface area (Å²) in [6.07, 6.45) is 6.39. The molecule has 0 saturated carbocycles. The van der Waals surface area contributed by atoms with Crippen LogP contribution in [-0.2, 0) is 4.74 Å². The van der Waals surface area contributed by atoms with Gasteiger partial charge < -0.3 is 10.1 Å². The zero-order valence-corrected chi connectivity index (χ0v) is 9.97. The summed E-state index contributed by atoms with van der Waals surface area (Å²) in [5.41, 5.74) is 0.833. The molecule has 0 aromatic heterocycles. The van der Waals surface area contributed by atoms with Crippen molar-refractivity contribution in [3.63, 3.8) is 0 Å². The Kier molecular flexibility index (Phi) is 4.51. The summed E-state index contributed by atoms with van der Waals surface area (Å²) in [6, 6.07) is -0.854. The molecule has 0 aromatic carbocycles. The van der Waals surface area contributed by atoms with Crippen LogP contribution < -0.4 is 5.32 Å². The van der Waals surface area contributed by atoms with E-state index in [0.29, 0.717) is 0 Å². The lowest BCUT2D eigenvalue weighted by Gasteiger charge is -2.19. The highest BCUT2D eigenvalue weighted by Gasteiger charge is 2.38. The molecule has 1 heterocycles. The summed E-state index contributed by atoms with van der Waals surface area (Å²) in [4.78, 5) is 24.1. The SMILES string of the molecule is C=C/C=C\C(=C/C)C1COC(=O)N1C(=O)NC. The number of imide groups is 1. The Morgan fingerprint density at radius 2 is 2.35 bits per heavy atom. The lowest BCUT2D eigenvalue weighted by atomic mass is 10.1. The van der Waals surface area contributed by atoms with E-state index in [0.717, 1.165) is 10.5 Å². The molecular formula is C12H16N2O3. The predicted octanol–water partition coefficient (Wildman–Crippen LogP) is 1.84. The number of carbonyl (C=O) groups excluding carboxylic acids is 2. The monoisotopic (exact) mass is 236 g/mol. The minimum atomic E-state index is -0.624. The average Bonchev–Trinajstić information content (AvgIpc) is 2.71. The van der Waals surface area contributed by atoms with Gasteiger partial charge in [-0.15, -0.1) is 0 Å². The molecule has 1 rings (SSSR count).